The fraction of sp³-hybridized carbons (Fsp3) is 0.280. The molecule has 0 spiro atoms. The molecule has 1 heteroatoms. The Labute approximate surface area is 164 Å². The van der Waals surface area contributed by atoms with Crippen LogP contribution in [0.25, 0.3) is 0 Å². The second-order valence-electron chi connectivity index (χ2n) is 6.90. The van der Waals surface area contributed by atoms with Crippen molar-refractivity contribution >= 4 is 11.6 Å². The number of halogens is 1. The van der Waals surface area contributed by atoms with Crippen molar-refractivity contribution < 1.29 is 0 Å². The van der Waals surface area contributed by atoms with Crippen molar-refractivity contribution in [2.75, 3.05) is 0 Å². The Morgan fingerprint density at radius 1 is 0.462 bits per heavy atom. The summed E-state index contributed by atoms with van der Waals surface area (Å²) < 4.78 is 0. The molecule has 0 N–H and O–H groups in total. The number of aryl methyl sites for hydroxylation is 7. The number of hydrogen-bond acceptors (Lipinski definition) is 0. The molecule has 0 aliphatic carbocycles. The Bertz CT molecular complexity index is 761. The first-order valence-electron chi connectivity index (χ1n) is 8.99. The second-order valence-corrected chi connectivity index (χ2v) is 7.34. The van der Waals surface area contributed by atoms with E-state index in [2.05, 4.69) is 90.9 Å². The van der Waals surface area contributed by atoms with Crippen LogP contribution >= 0.6 is 11.6 Å². The smallest absolute Gasteiger partial charge is 0.0408 e. The van der Waals surface area contributed by atoms with Gasteiger partial charge in [-0.05, 0) is 94.0 Å². The lowest BCUT2D eigenvalue weighted by Crippen LogP contribution is -1.79. The van der Waals surface area contributed by atoms with Crippen LogP contribution in [0.4, 0.5) is 0 Å². The lowest BCUT2D eigenvalue weighted by Gasteiger charge is -1.98. The van der Waals surface area contributed by atoms with Gasteiger partial charge in [-0.25, -0.2) is 0 Å². The predicted octanol–water partition coefficient (Wildman–Crippen LogP) is 7.87. The minimum atomic E-state index is 0.818. The van der Waals surface area contributed by atoms with Gasteiger partial charge in [-0.15, -0.1) is 0 Å². The Morgan fingerprint density at radius 3 is 1.23 bits per heavy atom. The van der Waals surface area contributed by atoms with Crippen LogP contribution in [0.3, 0.4) is 0 Å². The summed E-state index contributed by atoms with van der Waals surface area (Å²) in [6.45, 7) is 14.8. The molecule has 138 valence electrons. The quantitative estimate of drug-likeness (QED) is 0.379. The summed E-state index contributed by atoms with van der Waals surface area (Å²) >= 11 is 5.72. The maximum absolute atomic E-state index is 5.72. The van der Waals surface area contributed by atoms with Crippen molar-refractivity contribution in [3.05, 3.63) is 105 Å². The monoisotopic (exact) mass is 366 g/mol. The number of rotatable bonds is 0. The van der Waals surface area contributed by atoms with Gasteiger partial charge >= 0.3 is 0 Å². The highest BCUT2D eigenvalue weighted by atomic mass is 35.5. The molecule has 0 saturated carbocycles. The maximum atomic E-state index is 5.72. The zero-order valence-electron chi connectivity index (χ0n) is 17.2. The van der Waals surface area contributed by atoms with Crippen molar-refractivity contribution in [1.82, 2.24) is 0 Å². The number of hydrogen-bond donors (Lipinski definition) is 0. The van der Waals surface area contributed by atoms with E-state index in [4.69, 9.17) is 11.6 Å². The molecule has 0 unspecified atom stereocenters. The highest BCUT2D eigenvalue weighted by Crippen LogP contribution is 2.13. The van der Waals surface area contributed by atoms with Crippen LogP contribution in [0, 0.1) is 48.5 Å². The summed E-state index contributed by atoms with van der Waals surface area (Å²) in [7, 11) is 0. The first-order valence-corrected chi connectivity index (χ1v) is 9.37. The number of benzene rings is 3. The molecule has 26 heavy (non-hydrogen) atoms. The summed E-state index contributed by atoms with van der Waals surface area (Å²) in [6.07, 6.45) is 0. The average Bonchev–Trinajstić information content (AvgIpc) is 2.59. The van der Waals surface area contributed by atoms with Crippen molar-refractivity contribution in [1.29, 1.82) is 0 Å². The summed E-state index contributed by atoms with van der Waals surface area (Å²) in [4.78, 5) is 0. The third kappa shape index (κ3) is 7.89. The third-order valence-electron chi connectivity index (χ3n) is 4.56. The molecule has 3 aromatic carbocycles. The van der Waals surface area contributed by atoms with E-state index in [0.29, 0.717) is 0 Å². The van der Waals surface area contributed by atoms with Crippen LogP contribution in [-0.4, -0.2) is 0 Å². The topological polar surface area (TPSA) is 0 Å². The predicted molar refractivity (Wildman–Crippen MR) is 117 cm³/mol. The largest absolute Gasteiger partial charge is 0.0843 e. The standard InChI is InChI=1S/C9H12.C8H9Cl.C8H10/c1-7-4-5-8(2)9(3)6-7;1-6-3-4-8(9)5-7(6)2;1-7-5-3-4-6-8(7)2/h4-6H,1-3H3;3-5H,1-2H3;3-6H,1-2H3. The molecule has 3 rings (SSSR count). The van der Waals surface area contributed by atoms with Crippen LogP contribution in [0.15, 0.2) is 60.7 Å². The summed E-state index contributed by atoms with van der Waals surface area (Å²) in [5.74, 6) is 0. The molecule has 0 atom stereocenters. The van der Waals surface area contributed by atoms with E-state index in [-0.39, 0.29) is 0 Å². The molecule has 0 nitrogen and oxygen atoms in total. The van der Waals surface area contributed by atoms with Gasteiger partial charge in [-0.3, -0.25) is 0 Å². The Kier molecular flexibility index (Phi) is 9.16. The van der Waals surface area contributed by atoms with Crippen molar-refractivity contribution in [3.63, 3.8) is 0 Å². The molecule has 0 radical (unpaired) electrons. The molecule has 0 heterocycles. The molecule has 0 aromatic heterocycles. The molecular formula is C25H31Cl. The Hall–Kier alpha value is -2.05. The van der Waals surface area contributed by atoms with Gasteiger partial charge in [0.15, 0.2) is 0 Å². The molecule has 0 amide bonds. The van der Waals surface area contributed by atoms with E-state index in [1.165, 1.54) is 38.9 Å². The van der Waals surface area contributed by atoms with Gasteiger partial charge in [0.05, 0.1) is 0 Å². The SMILES string of the molecule is Cc1ccc(C)c(C)c1.Cc1ccc(Cl)cc1C.Cc1ccccc1C. The minimum absolute atomic E-state index is 0.818. The minimum Gasteiger partial charge on any atom is -0.0843 e. The van der Waals surface area contributed by atoms with E-state index in [1.54, 1.807) is 0 Å². The average molecular weight is 367 g/mol. The van der Waals surface area contributed by atoms with Gasteiger partial charge in [0.1, 0.15) is 0 Å². The Morgan fingerprint density at radius 2 is 0.885 bits per heavy atom. The van der Waals surface area contributed by atoms with Gasteiger partial charge in [-0.2, -0.15) is 0 Å². The zero-order chi connectivity index (χ0) is 19.7. The second kappa shape index (κ2) is 10.8. The van der Waals surface area contributed by atoms with Crippen molar-refractivity contribution in [3.8, 4) is 0 Å². The first-order chi connectivity index (χ1) is 12.2. The molecule has 0 saturated heterocycles. The fourth-order valence-electron chi connectivity index (χ4n) is 2.26. The van der Waals surface area contributed by atoms with E-state index < -0.39 is 0 Å². The highest BCUT2D eigenvalue weighted by molar-refractivity contribution is 6.30. The highest BCUT2D eigenvalue weighted by Gasteiger charge is 1.91. The summed E-state index contributed by atoms with van der Waals surface area (Å²) in [6, 6.07) is 20.8. The van der Waals surface area contributed by atoms with E-state index in [9.17, 15) is 0 Å². The van der Waals surface area contributed by atoms with Crippen molar-refractivity contribution in [2.24, 2.45) is 0 Å². The summed E-state index contributed by atoms with van der Waals surface area (Å²) in [5.41, 5.74) is 9.38. The Balaban J connectivity index is 0.000000195. The van der Waals surface area contributed by atoms with Crippen LogP contribution in [-0.2, 0) is 0 Å². The third-order valence-corrected chi connectivity index (χ3v) is 4.79. The van der Waals surface area contributed by atoms with Gasteiger partial charge in [0.2, 0.25) is 0 Å². The summed E-state index contributed by atoms with van der Waals surface area (Å²) in [5, 5.41) is 0.818. The maximum Gasteiger partial charge on any atom is 0.0408 e. The fourth-order valence-corrected chi connectivity index (χ4v) is 2.49. The molecule has 0 aliphatic heterocycles. The van der Waals surface area contributed by atoms with Gasteiger partial charge in [0, 0.05) is 5.02 Å². The molecule has 0 fully saturated rings. The molecular weight excluding hydrogens is 336 g/mol. The van der Waals surface area contributed by atoms with E-state index >= 15 is 0 Å². The lowest BCUT2D eigenvalue weighted by molar-refractivity contribution is 1.30. The van der Waals surface area contributed by atoms with Gasteiger partial charge < -0.3 is 0 Å². The molecule has 0 bridgehead atoms. The lowest BCUT2D eigenvalue weighted by atomic mass is 10.1. The van der Waals surface area contributed by atoms with Gasteiger partial charge in [-0.1, -0.05) is 65.7 Å². The van der Waals surface area contributed by atoms with Crippen LogP contribution < -0.4 is 0 Å². The first kappa shape index (κ1) is 22.0. The molecule has 0 aliphatic rings. The van der Waals surface area contributed by atoms with Gasteiger partial charge in [0.25, 0.3) is 0 Å². The normalized spacial score (nSPS) is 9.54. The van der Waals surface area contributed by atoms with Crippen molar-refractivity contribution in [2.45, 2.75) is 48.5 Å². The van der Waals surface area contributed by atoms with Crippen LogP contribution in [0.2, 0.25) is 5.02 Å². The van der Waals surface area contributed by atoms with E-state index in [0.717, 1.165) is 5.02 Å². The molecule has 3 aromatic rings. The van der Waals surface area contributed by atoms with Crippen LogP contribution in [0.5, 0.6) is 0 Å². The van der Waals surface area contributed by atoms with E-state index in [1.807, 2.05) is 18.2 Å². The zero-order valence-corrected chi connectivity index (χ0v) is 17.9. The van der Waals surface area contributed by atoms with Crippen LogP contribution in [0.1, 0.15) is 38.9 Å².